The van der Waals surface area contributed by atoms with Crippen molar-refractivity contribution in [1.82, 2.24) is 10.2 Å². The van der Waals surface area contributed by atoms with Crippen molar-refractivity contribution in [2.75, 3.05) is 25.4 Å². The Morgan fingerprint density at radius 3 is 2.81 bits per heavy atom. The lowest BCUT2D eigenvalue weighted by molar-refractivity contribution is 0.199. The Hall–Kier alpha value is -0.510. The van der Waals surface area contributed by atoms with Crippen LogP contribution >= 0.6 is 11.8 Å². The summed E-state index contributed by atoms with van der Waals surface area (Å²) in [5.74, 6) is 1.95. The molecule has 21 heavy (non-hydrogen) atoms. The largest absolute Gasteiger partial charge is 0.312 e. The molecule has 2 rings (SSSR count). The van der Waals surface area contributed by atoms with Crippen molar-refractivity contribution in [3.8, 4) is 0 Å². The molecule has 3 atom stereocenters. The normalized spacial score (nSPS) is 25.5. The van der Waals surface area contributed by atoms with Crippen molar-refractivity contribution in [3.63, 3.8) is 0 Å². The van der Waals surface area contributed by atoms with Gasteiger partial charge in [-0.15, -0.1) is 11.8 Å². The van der Waals surface area contributed by atoms with E-state index < -0.39 is 0 Å². The standard InChI is InChI=1S/C18H30N2S/c1-4-15(2)18-14-20(16(3)10-11-19-18)12-13-21-17-8-6-5-7-9-17/h5-9,15-16,18-19H,4,10-14H2,1-3H3. The van der Waals surface area contributed by atoms with Crippen molar-refractivity contribution in [2.24, 2.45) is 5.92 Å². The van der Waals surface area contributed by atoms with Crippen LogP contribution < -0.4 is 5.32 Å². The van der Waals surface area contributed by atoms with Gasteiger partial charge in [-0.1, -0.05) is 38.5 Å². The number of nitrogens with zero attached hydrogens (tertiary/aromatic N) is 1. The van der Waals surface area contributed by atoms with Gasteiger partial charge in [0.2, 0.25) is 0 Å². The van der Waals surface area contributed by atoms with Crippen LogP contribution in [0.4, 0.5) is 0 Å². The van der Waals surface area contributed by atoms with Gasteiger partial charge >= 0.3 is 0 Å². The number of thioether (sulfide) groups is 1. The van der Waals surface area contributed by atoms with Crippen LogP contribution in [-0.4, -0.2) is 42.4 Å². The quantitative estimate of drug-likeness (QED) is 0.803. The van der Waals surface area contributed by atoms with Crippen LogP contribution in [0.2, 0.25) is 0 Å². The number of rotatable bonds is 6. The Morgan fingerprint density at radius 2 is 2.10 bits per heavy atom. The second kappa shape index (κ2) is 8.82. The molecule has 1 aromatic rings. The van der Waals surface area contributed by atoms with Crippen LogP contribution in [0.25, 0.3) is 0 Å². The summed E-state index contributed by atoms with van der Waals surface area (Å²) in [4.78, 5) is 4.07. The van der Waals surface area contributed by atoms with Gasteiger partial charge in [-0.05, 0) is 37.9 Å². The van der Waals surface area contributed by atoms with Crippen molar-refractivity contribution < 1.29 is 0 Å². The Morgan fingerprint density at radius 1 is 1.33 bits per heavy atom. The van der Waals surface area contributed by atoms with E-state index in [0.29, 0.717) is 12.1 Å². The van der Waals surface area contributed by atoms with E-state index in [-0.39, 0.29) is 0 Å². The van der Waals surface area contributed by atoms with Crippen molar-refractivity contribution in [3.05, 3.63) is 30.3 Å². The third-order valence-electron chi connectivity index (χ3n) is 4.74. The fourth-order valence-corrected chi connectivity index (χ4v) is 3.84. The van der Waals surface area contributed by atoms with E-state index in [9.17, 15) is 0 Å². The summed E-state index contributed by atoms with van der Waals surface area (Å²) in [6.07, 6.45) is 2.53. The molecule has 1 N–H and O–H groups in total. The van der Waals surface area contributed by atoms with E-state index in [1.807, 2.05) is 11.8 Å². The van der Waals surface area contributed by atoms with Gasteiger partial charge in [-0.2, -0.15) is 0 Å². The molecular formula is C18H30N2S. The number of hydrogen-bond donors (Lipinski definition) is 1. The molecule has 0 spiro atoms. The molecule has 0 bridgehead atoms. The zero-order chi connectivity index (χ0) is 15.1. The van der Waals surface area contributed by atoms with Crippen LogP contribution in [0.5, 0.6) is 0 Å². The zero-order valence-electron chi connectivity index (χ0n) is 13.7. The van der Waals surface area contributed by atoms with Crippen molar-refractivity contribution in [1.29, 1.82) is 0 Å². The van der Waals surface area contributed by atoms with Gasteiger partial charge in [0.05, 0.1) is 0 Å². The number of nitrogens with one attached hydrogen (secondary N) is 1. The van der Waals surface area contributed by atoms with Gasteiger partial charge in [-0.25, -0.2) is 0 Å². The molecule has 0 aromatic heterocycles. The molecule has 0 aliphatic carbocycles. The second-order valence-corrected chi connectivity index (χ2v) is 7.41. The summed E-state index contributed by atoms with van der Waals surface area (Å²) in [6, 6.07) is 12.1. The smallest absolute Gasteiger partial charge is 0.0220 e. The number of benzene rings is 1. The molecular weight excluding hydrogens is 276 g/mol. The predicted molar refractivity (Wildman–Crippen MR) is 94.1 cm³/mol. The molecule has 0 saturated carbocycles. The highest BCUT2D eigenvalue weighted by Gasteiger charge is 2.25. The molecule has 118 valence electrons. The van der Waals surface area contributed by atoms with E-state index in [2.05, 4.69) is 61.3 Å². The minimum absolute atomic E-state index is 0.654. The van der Waals surface area contributed by atoms with Gasteiger partial charge < -0.3 is 5.32 Å². The van der Waals surface area contributed by atoms with E-state index in [1.165, 1.54) is 43.1 Å². The van der Waals surface area contributed by atoms with Gasteiger partial charge in [0, 0.05) is 35.8 Å². The monoisotopic (exact) mass is 306 g/mol. The van der Waals surface area contributed by atoms with Crippen LogP contribution in [0.1, 0.15) is 33.6 Å². The molecule has 3 unspecified atom stereocenters. The van der Waals surface area contributed by atoms with E-state index in [1.54, 1.807) is 0 Å². The van der Waals surface area contributed by atoms with Gasteiger partial charge in [0.15, 0.2) is 0 Å². The van der Waals surface area contributed by atoms with Crippen LogP contribution in [0.3, 0.4) is 0 Å². The third-order valence-corrected chi connectivity index (χ3v) is 5.74. The highest BCUT2D eigenvalue weighted by Crippen LogP contribution is 2.20. The second-order valence-electron chi connectivity index (χ2n) is 6.24. The lowest BCUT2D eigenvalue weighted by Crippen LogP contribution is -2.44. The lowest BCUT2D eigenvalue weighted by atomic mass is 9.99. The number of hydrogen-bond acceptors (Lipinski definition) is 3. The van der Waals surface area contributed by atoms with Crippen LogP contribution in [0.15, 0.2) is 35.2 Å². The molecule has 0 amide bonds. The maximum atomic E-state index is 3.75. The predicted octanol–water partition coefficient (Wildman–Crippen LogP) is 3.88. The third kappa shape index (κ3) is 5.32. The Kier molecular flexibility index (Phi) is 7.08. The molecule has 1 aliphatic heterocycles. The first-order valence-corrected chi connectivity index (χ1v) is 9.34. The highest BCUT2D eigenvalue weighted by atomic mass is 32.2. The van der Waals surface area contributed by atoms with Crippen LogP contribution in [0, 0.1) is 5.92 Å². The first-order valence-electron chi connectivity index (χ1n) is 8.36. The molecule has 1 heterocycles. The fourth-order valence-electron chi connectivity index (χ4n) is 2.93. The van der Waals surface area contributed by atoms with Gasteiger partial charge in [0.25, 0.3) is 0 Å². The average molecular weight is 307 g/mol. The first-order chi connectivity index (χ1) is 10.2. The molecule has 3 heteroatoms. The summed E-state index contributed by atoms with van der Waals surface area (Å²) in [5, 5.41) is 3.75. The summed E-state index contributed by atoms with van der Waals surface area (Å²) < 4.78 is 0. The Bertz CT molecular complexity index is 395. The summed E-state index contributed by atoms with van der Waals surface area (Å²) >= 11 is 1.98. The summed E-state index contributed by atoms with van der Waals surface area (Å²) in [5.41, 5.74) is 0. The molecule has 1 aliphatic rings. The minimum Gasteiger partial charge on any atom is -0.312 e. The van der Waals surface area contributed by atoms with Gasteiger partial charge in [0.1, 0.15) is 0 Å². The zero-order valence-corrected chi connectivity index (χ0v) is 14.5. The topological polar surface area (TPSA) is 15.3 Å². The molecule has 0 radical (unpaired) electrons. The highest BCUT2D eigenvalue weighted by molar-refractivity contribution is 7.99. The SMILES string of the molecule is CCC(C)C1CN(CCSc2ccccc2)C(C)CCN1. The molecule has 2 nitrogen and oxygen atoms in total. The summed E-state index contributed by atoms with van der Waals surface area (Å²) in [6.45, 7) is 10.6. The minimum atomic E-state index is 0.654. The lowest BCUT2D eigenvalue weighted by Gasteiger charge is -2.31. The van der Waals surface area contributed by atoms with Gasteiger partial charge in [-0.3, -0.25) is 4.90 Å². The fraction of sp³-hybridized carbons (Fsp3) is 0.667. The van der Waals surface area contributed by atoms with Crippen LogP contribution in [-0.2, 0) is 0 Å². The maximum absolute atomic E-state index is 3.75. The van der Waals surface area contributed by atoms with E-state index in [0.717, 1.165) is 5.92 Å². The van der Waals surface area contributed by atoms with Crippen molar-refractivity contribution in [2.45, 2.75) is 50.6 Å². The Labute approximate surface area is 134 Å². The maximum Gasteiger partial charge on any atom is 0.0220 e. The van der Waals surface area contributed by atoms with E-state index in [4.69, 9.17) is 0 Å². The summed E-state index contributed by atoms with van der Waals surface area (Å²) in [7, 11) is 0. The molecule has 1 saturated heterocycles. The molecule has 1 fully saturated rings. The van der Waals surface area contributed by atoms with Crippen molar-refractivity contribution >= 4 is 11.8 Å². The first kappa shape index (κ1) is 16.9. The Balaban J connectivity index is 1.84. The molecule has 1 aromatic carbocycles. The average Bonchev–Trinajstić information content (AvgIpc) is 2.70. The van der Waals surface area contributed by atoms with E-state index >= 15 is 0 Å².